The van der Waals surface area contributed by atoms with Crippen molar-refractivity contribution in [2.24, 2.45) is 5.41 Å². The van der Waals surface area contributed by atoms with Crippen molar-refractivity contribution in [2.45, 2.75) is 18.7 Å². The lowest BCUT2D eigenvalue weighted by atomic mass is 9.93. The predicted octanol–water partition coefficient (Wildman–Crippen LogP) is 2.63. The highest BCUT2D eigenvalue weighted by Crippen LogP contribution is 2.17. The quantitative estimate of drug-likeness (QED) is 0.865. The molecule has 116 valence electrons. The van der Waals surface area contributed by atoms with Crippen molar-refractivity contribution >= 4 is 34.0 Å². The predicted molar refractivity (Wildman–Crippen MR) is 86.2 cm³/mol. The van der Waals surface area contributed by atoms with E-state index in [0.29, 0.717) is 11.6 Å². The first-order valence-corrected chi connectivity index (χ1v) is 7.88. The van der Waals surface area contributed by atoms with Crippen LogP contribution in [0.5, 0.6) is 0 Å². The molecule has 0 aliphatic heterocycles. The van der Waals surface area contributed by atoms with Crippen LogP contribution >= 0.6 is 24.0 Å². The number of nitrogens with one attached hydrogen (secondary N) is 1. The molecule has 0 bridgehead atoms. The van der Waals surface area contributed by atoms with Gasteiger partial charge < -0.3 is 4.90 Å². The molecule has 4 nitrogen and oxygen atoms in total. The van der Waals surface area contributed by atoms with Gasteiger partial charge in [0, 0.05) is 18.1 Å². The van der Waals surface area contributed by atoms with Gasteiger partial charge in [0.15, 0.2) is 0 Å². The average Bonchev–Trinajstić information content (AvgIpc) is 2.26. The zero-order valence-electron chi connectivity index (χ0n) is 12.2. The summed E-state index contributed by atoms with van der Waals surface area (Å²) in [6.45, 7) is 5.24. The van der Waals surface area contributed by atoms with Crippen molar-refractivity contribution in [1.29, 1.82) is 0 Å². The van der Waals surface area contributed by atoms with Gasteiger partial charge in [0.1, 0.15) is 0 Å². The molecule has 1 N–H and O–H groups in total. The monoisotopic (exact) mass is 340 g/mol. The molecular formula is C13H22Cl2N2O2S. The first-order chi connectivity index (χ1) is 8.62. The van der Waals surface area contributed by atoms with Crippen LogP contribution in [0.4, 0.5) is 0 Å². The van der Waals surface area contributed by atoms with Crippen LogP contribution in [0.2, 0.25) is 5.02 Å². The van der Waals surface area contributed by atoms with E-state index in [0.717, 1.165) is 6.54 Å². The van der Waals surface area contributed by atoms with Gasteiger partial charge in [-0.05, 0) is 43.8 Å². The molecule has 1 rings (SSSR count). The summed E-state index contributed by atoms with van der Waals surface area (Å²) in [5, 5.41) is 0.520. The Balaban J connectivity index is 0.00000361. The van der Waals surface area contributed by atoms with E-state index in [-0.39, 0.29) is 22.7 Å². The van der Waals surface area contributed by atoms with E-state index in [1.807, 2.05) is 32.8 Å². The topological polar surface area (TPSA) is 49.4 Å². The lowest BCUT2D eigenvalue weighted by molar-refractivity contribution is 0.242. The molecule has 7 heteroatoms. The molecule has 0 spiro atoms. The molecule has 0 fully saturated rings. The number of benzene rings is 1. The molecule has 0 atom stereocenters. The van der Waals surface area contributed by atoms with Gasteiger partial charge in [-0.25, -0.2) is 13.1 Å². The summed E-state index contributed by atoms with van der Waals surface area (Å²) < 4.78 is 26.9. The Kier molecular flexibility index (Phi) is 7.49. The number of halogens is 2. The summed E-state index contributed by atoms with van der Waals surface area (Å²) >= 11 is 5.75. The third-order valence-corrected chi connectivity index (χ3v) is 4.28. The number of sulfonamides is 1. The smallest absolute Gasteiger partial charge is 0.240 e. The molecule has 0 amide bonds. The van der Waals surface area contributed by atoms with E-state index in [2.05, 4.69) is 4.72 Å². The molecule has 0 saturated carbocycles. The molecule has 0 aliphatic carbocycles. The molecule has 0 heterocycles. The lowest BCUT2D eigenvalue weighted by Gasteiger charge is -2.28. The highest BCUT2D eigenvalue weighted by Gasteiger charge is 2.22. The molecular weight excluding hydrogens is 319 g/mol. The van der Waals surface area contributed by atoms with Gasteiger partial charge in [-0.15, -0.1) is 12.4 Å². The van der Waals surface area contributed by atoms with Crippen LogP contribution in [0.1, 0.15) is 13.8 Å². The Morgan fingerprint density at radius 2 is 1.70 bits per heavy atom. The second-order valence-corrected chi connectivity index (χ2v) is 7.88. The summed E-state index contributed by atoms with van der Waals surface area (Å²) in [4.78, 5) is 2.27. The van der Waals surface area contributed by atoms with Crippen LogP contribution in [0.15, 0.2) is 29.2 Å². The Labute approximate surface area is 133 Å². The number of hydrogen-bond donors (Lipinski definition) is 1. The second-order valence-electron chi connectivity index (χ2n) is 5.68. The lowest BCUT2D eigenvalue weighted by Crippen LogP contribution is -2.39. The van der Waals surface area contributed by atoms with Crippen LogP contribution in [0.25, 0.3) is 0 Å². The molecule has 0 saturated heterocycles. The Morgan fingerprint density at radius 1 is 1.20 bits per heavy atom. The minimum absolute atomic E-state index is 0. The van der Waals surface area contributed by atoms with Crippen molar-refractivity contribution in [3.8, 4) is 0 Å². The van der Waals surface area contributed by atoms with Crippen molar-refractivity contribution < 1.29 is 8.42 Å². The minimum atomic E-state index is -3.47. The van der Waals surface area contributed by atoms with E-state index in [9.17, 15) is 8.42 Å². The highest BCUT2D eigenvalue weighted by molar-refractivity contribution is 7.89. The molecule has 0 aliphatic rings. The van der Waals surface area contributed by atoms with E-state index in [1.54, 1.807) is 12.1 Å². The van der Waals surface area contributed by atoms with Crippen LogP contribution in [0, 0.1) is 5.41 Å². The number of hydrogen-bond acceptors (Lipinski definition) is 3. The largest absolute Gasteiger partial charge is 0.309 e. The third-order valence-electron chi connectivity index (χ3n) is 2.61. The third kappa shape index (κ3) is 6.41. The van der Waals surface area contributed by atoms with E-state index < -0.39 is 10.0 Å². The maximum absolute atomic E-state index is 12.1. The zero-order chi connectivity index (χ0) is 14.7. The summed E-state index contributed by atoms with van der Waals surface area (Å²) in [6.07, 6.45) is 0. The van der Waals surface area contributed by atoms with Gasteiger partial charge in [-0.3, -0.25) is 0 Å². The second kappa shape index (κ2) is 7.61. The van der Waals surface area contributed by atoms with E-state index in [1.165, 1.54) is 12.1 Å². The SMILES string of the molecule is CN(C)CC(C)(C)CNS(=O)(=O)c1ccc(Cl)cc1.Cl. The zero-order valence-corrected chi connectivity index (χ0v) is 14.6. The van der Waals surface area contributed by atoms with Crippen molar-refractivity contribution in [3.05, 3.63) is 29.3 Å². The highest BCUT2D eigenvalue weighted by atomic mass is 35.5. The normalized spacial score (nSPS) is 12.3. The van der Waals surface area contributed by atoms with Crippen LogP contribution in [-0.2, 0) is 10.0 Å². The van der Waals surface area contributed by atoms with Crippen molar-refractivity contribution in [2.75, 3.05) is 27.2 Å². The minimum Gasteiger partial charge on any atom is -0.309 e. The van der Waals surface area contributed by atoms with Crippen molar-refractivity contribution in [3.63, 3.8) is 0 Å². The standard InChI is InChI=1S/C13H21ClN2O2S.ClH/c1-13(2,10-16(3)4)9-15-19(17,18)12-7-5-11(14)6-8-12;/h5-8,15H,9-10H2,1-4H3;1H. The van der Waals surface area contributed by atoms with Gasteiger partial charge in [-0.1, -0.05) is 25.4 Å². The Bertz CT molecular complexity index is 514. The Hall–Kier alpha value is -0.330. The molecule has 0 aromatic heterocycles. The van der Waals surface area contributed by atoms with Gasteiger partial charge in [-0.2, -0.15) is 0 Å². The fraction of sp³-hybridized carbons (Fsp3) is 0.538. The fourth-order valence-corrected chi connectivity index (χ4v) is 3.27. The number of nitrogens with zero attached hydrogens (tertiary/aromatic N) is 1. The van der Waals surface area contributed by atoms with Crippen LogP contribution in [-0.4, -0.2) is 40.5 Å². The summed E-state index contributed by atoms with van der Waals surface area (Å²) in [7, 11) is 0.462. The molecule has 20 heavy (non-hydrogen) atoms. The van der Waals surface area contributed by atoms with E-state index >= 15 is 0 Å². The summed E-state index contributed by atoms with van der Waals surface area (Å²) in [5.74, 6) is 0. The van der Waals surface area contributed by atoms with E-state index in [4.69, 9.17) is 11.6 Å². The van der Waals surface area contributed by atoms with Gasteiger partial charge in [0.2, 0.25) is 10.0 Å². The average molecular weight is 341 g/mol. The molecule has 0 unspecified atom stereocenters. The van der Waals surface area contributed by atoms with Crippen LogP contribution in [0.3, 0.4) is 0 Å². The molecule has 1 aromatic rings. The maximum atomic E-state index is 12.1. The first-order valence-electron chi connectivity index (χ1n) is 6.02. The summed E-state index contributed by atoms with van der Waals surface area (Å²) in [5.41, 5.74) is -0.136. The number of rotatable bonds is 6. The maximum Gasteiger partial charge on any atom is 0.240 e. The fourth-order valence-electron chi connectivity index (χ4n) is 1.90. The molecule has 0 radical (unpaired) electrons. The van der Waals surface area contributed by atoms with Crippen molar-refractivity contribution in [1.82, 2.24) is 9.62 Å². The van der Waals surface area contributed by atoms with Gasteiger partial charge in [0.05, 0.1) is 4.90 Å². The van der Waals surface area contributed by atoms with Gasteiger partial charge >= 0.3 is 0 Å². The van der Waals surface area contributed by atoms with Crippen LogP contribution < -0.4 is 4.72 Å². The Morgan fingerprint density at radius 3 is 2.15 bits per heavy atom. The summed E-state index contributed by atoms with van der Waals surface area (Å²) in [6, 6.07) is 6.15. The molecule has 1 aromatic carbocycles. The first kappa shape index (κ1) is 19.7. The van der Waals surface area contributed by atoms with Gasteiger partial charge in [0.25, 0.3) is 0 Å².